The predicted molar refractivity (Wildman–Crippen MR) is 109 cm³/mol. The molecule has 6 nitrogen and oxygen atoms in total. The Labute approximate surface area is 170 Å². The van der Waals surface area contributed by atoms with Gasteiger partial charge in [-0.1, -0.05) is 36.9 Å². The lowest BCUT2D eigenvalue weighted by atomic mass is 9.96. The number of carbonyl (C=O) groups excluding carboxylic acids is 1. The van der Waals surface area contributed by atoms with Crippen molar-refractivity contribution in [1.82, 2.24) is 8.87 Å². The number of benzene rings is 1. The summed E-state index contributed by atoms with van der Waals surface area (Å²) < 4.78 is 27.5. The van der Waals surface area contributed by atoms with Crippen LogP contribution in [0.3, 0.4) is 0 Å². The molecule has 0 aliphatic heterocycles. The third-order valence-corrected chi connectivity index (χ3v) is 7.18. The summed E-state index contributed by atoms with van der Waals surface area (Å²) in [5, 5.41) is 0.0791. The highest BCUT2D eigenvalue weighted by Gasteiger charge is 2.23. The molecule has 3 rings (SSSR count). The first-order valence-electron chi connectivity index (χ1n) is 9.29. The molecule has 0 amide bonds. The van der Waals surface area contributed by atoms with E-state index in [0.717, 1.165) is 30.0 Å². The van der Waals surface area contributed by atoms with Gasteiger partial charge < -0.3 is 0 Å². The van der Waals surface area contributed by atoms with Crippen molar-refractivity contribution in [2.75, 3.05) is 14.1 Å². The first kappa shape index (κ1) is 20.8. The molecule has 0 spiro atoms. The number of halogens is 1. The monoisotopic (exact) mass is 421 g/mol. The second kappa shape index (κ2) is 8.59. The third-order valence-electron chi connectivity index (χ3n) is 4.88. The molecule has 1 aromatic heterocycles. The molecular weight excluding hydrogens is 398 g/mol. The van der Waals surface area contributed by atoms with E-state index < -0.39 is 10.0 Å². The maximum atomic E-state index is 13.1. The van der Waals surface area contributed by atoms with Crippen LogP contribution in [-0.2, 0) is 10.0 Å². The second-order valence-corrected chi connectivity index (χ2v) is 9.62. The minimum Gasteiger partial charge on any atom is -0.268 e. The quantitative estimate of drug-likeness (QED) is 0.760. The number of nitrogens with zero attached hydrogens (tertiary/aromatic N) is 3. The lowest BCUT2D eigenvalue weighted by Gasteiger charge is -2.18. The molecule has 1 aliphatic carbocycles. The van der Waals surface area contributed by atoms with Crippen LogP contribution in [-0.4, -0.2) is 43.3 Å². The van der Waals surface area contributed by atoms with E-state index in [9.17, 15) is 13.2 Å². The number of carbonyl (C=O) groups is 1. The number of pyridine rings is 1. The van der Waals surface area contributed by atoms with Crippen molar-refractivity contribution in [3.8, 4) is 0 Å². The maximum absolute atomic E-state index is 13.1. The van der Waals surface area contributed by atoms with E-state index in [1.165, 1.54) is 43.3 Å². The average Bonchev–Trinajstić information content (AvgIpc) is 2.69. The van der Waals surface area contributed by atoms with Crippen LogP contribution in [0.15, 0.2) is 52.5 Å². The van der Waals surface area contributed by atoms with E-state index in [1.807, 2.05) is 6.07 Å². The van der Waals surface area contributed by atoms with Gasteiger partial charge in [-0.05, 0) is 43.2 Å². The van der Waals surface area contributed by atoms with Crippen molar-refractivity contribution in [3.63, 3.8) is 0 Å². The smallest absolute Gasteiger partial charge is 0.263 e. The summed E-state index contributed by atoms with van der Waals surface area (Å²) >= 11 is 6.09. The van der Waals surface area contributed by atoms with Crippen LogP contribution >= 0.6 is 11.6 Å². The van der Waals surface area contributed by atoms with Gasteiger partial charge in [0.25, 0.3) is 5.91 Å². The molecule has 0 radical (unpaired) electrons. The molecule has 0 atom stereocenters. The fourth-order valence-corrected chi connectivity index (χ4v) is 4.67. The van der Waals surface area contributed by atoms with E-state index in [4.69, 9.17) is 16.6 Å². The van der Waals surface area contributed by atoms with Crippen molar-refractivity contribution in [2.24, 2.45) is 4.99 Å². The van der Waals surface area contributed by atoms with E-state index in [2.05, 4.69) is 0 Å². The van der Waals surface area contributed by atoms with Gasteiger partial charge in [-0.3, -0.25) is 14.4 Å². The molecule has 0 saturated heterocycles. The largest absolute Gasteiger partial charge is 0.268 e. The van der Waals surface area contributed by atoms with Crippen LogP contribution in [0.2, 0.25) is 5.02 Å². The number of hydrogen-bond acceptors (Lipinski definition) is 4. The molecule has 0 bridgehead atoms. The number of rotatable bonds is 4. The molecule has 1 saturated carbocycles. The minimum absolute atomic E-state index is 0.0791. The molecule has 1 fully saturated rings. The Morgan fingerprint density at radius 2 is 1.86 bits per heavy atom. The highest BCUT2D eigenvalue weighted by molar-refractivity contribution is 7.89. The van der Waals surface area contributed by atoms with Gasteiger partial charge in [0, 0.05) is 25.9 Å². The lowest BCUT2D eigenvalue weighted by Crippen LogP contribution is -2.29. The van der Waals surface area contributed by atoms with Crippen molar-refractivity contribution in [2.45, 2.75) is 43.0 Å². The summed E-state index contributed by atoms with van der Waals surface area (Å²) in [5.74, 6) is -0.345. The fourth-order valence-electron chi connectivity index (χ4n) is 3.28. The summed E-state index contributed by atoms with van der Waals surface area (Å²) in [6, 6.07) is 9.91. The molecule has 1 aliphatic rings. The first-order valence-corrected chi connectivity index (χ1v) is 11.1. The molecule has 0 unspecified atom stereocenters. The van der Waals surface area contributed by atoms with Crippen molar-refractivity contribution >= 4 is 27.5 Å². The van der Waals surface area contributed by atoms with Gasteiger partial charge in [0.15, 0.2) is 0 Å². The van der Waals surface area contributed by atoms with Crippen molar-refractivity contribution in [1.29, 1.82) is 0 Å². The standard InChI is InChI=1S/C20H24ClN3O3S/c1-23(2)28(26,27)18-14-15(11-12-17(18)21)20(25)24-13-7-6-10-19(24)22-16-8-4-3-5-9-16/h6-7,10-14,16H,3-5,8-9H2,1-2H3. The van der Waals surface area contributed by atoms with Crippen LogP contribution < -0.4 is 5.49 Å². The SMILES string of the molecule is CN(C)S(=O)(=O)c1cc(C(=O)n2ccccc2=NC2CCCCC2)ccc1Cl. The highest BCUT2D eigenvalue weighted by Crippen LogP contribution is 2.25. The van der Waals surface area contributed by atoms with Crippen LogP contribution in [0.4, 0.5) is 0 Å². The van der Waals surface area contributed by atoms with Gasteiger partial charge in [0.2, 0.25) is 10.0 Å². The number of sulfonamides is 1. The van der Waals surface area contributed by atoms with Crippen molar-refractivity contribution in [3.05, 3.63) is 58.7 Å². The van der Waals surface area contributed by atoms with Gasteiger partial charge in [-0.25, -0.2) is 12.7 Å². The van der Waals surface area contributed by atoms with E-state index >= 15 is 0 Å². The topological polar surface area (TPSA) is 71.7 Å². The fraction of sp³-hybridized carbons (Fsp3) is 0.400. The summed E-state index contributed by atoms with van der Waals surface area (Å²) in [5.41, 5.74) is 0.812. The number of aromatic nitrogens is 1. The Hall–Kier alpha value is -1.96. The molecule has 1 aromatic carbocycles. The van der Waals surface area contributed by atoms with Gasteiger partial charge >= 0.3 is 0 Å². The summed E-state index contributed by atoms with van der Waals surface area (Å²) in [7, 11) is -0.914. The lowest BCUT2D eigenvalue weighted by molar-refractivity contribution is 0.0954. The molecule has 2 aromatic rings. The van der Waals surface area contributed by atoms with Gasteiger partial charge in [0.1, 0.15) is 10.4 Å². The first-order chi connectivity index (χ1) is 13.3. The second-order valence-electron chi connectivity index (χ2n) is 7.09. The van der Waals surface area contributed by atoms with E-state index in [1.54, 1.807) is 18.3 Å². The molecular formula is C20H24ClN3O3S. The van der Waals surface area contributed by atoms with Crippen LogP contribution in [0.5, 0.6) is 0 Å². The zero-order valence-corrected chi connectivity index (χ0v) is 17.6. The average molecular weight is 422 g/mol. The van der Waals surface area contributed by atoms with Gasteiger partial charge in [-0.2, -0.15) is 0 Å². The highest BCUT2D eigenvalue weighted by atomic mass is 35.5. The van der Waals surface area contributed by atoms with Crippen molar-refractivity contribution < 1.29 is 13.2 Å². The van der Waals surface area contributed by atoms with E-state index in [0.29, 0.717) is 5.49 Å². The maximum Gasteiger partial charge on any atom is 0.263 e. The zero-order valence-electron chi connectivity index (χ0n) is 16.0. The van der Waals surface area contributed by atoms with E-state index in [-0.39, 0.29) is 27.4 Å². The molecule has 28 heavy (non-hydrogen) atoms. The third kappa shape index (κ3) is 4.37. The minimum atomic E-state index is -3.76. The number of hydrogen-bond donors (Lipinski definition) is 0. The van der Waals surface area contributed by atoms with Crippen LogP contribution in [0.1, 0.15) is 42.5 Å². The Kier molecular flexibility index (Phi) is 6.37. The Morgan fingerprint density at radius 1 is 1.14 bits per heavy atom. The van der Waals surface area contributed by atoms with Crippen LogP contribution in [0.25, 0.3) is 0 Å². The Bertz CT molecular complexity index is 1040. The summed E-state index contributed by atoms with van der Waals surface area (Å²) in [6.07, 6.45) is 7.23. The molecule has 8 heteroatoms. The Morgan fingerprint density at radius 3 is 2.54 bits per heavy atom. The van der Waals surface area contributed by atoms with Gasteiger partial charge in [-0.15, -0.1) is 0 Å². The normalized spacial score (nSPS) is 16.5. The van der Waals surface area contributed by atoms with Crippen LogP contribution in [0, 0.1) is 0 Å². The molecule has 1 heterocycles. The van der Waals surface area contributed by atoms with Gasteiger partial charge in [0.05, 0.1) is 11.1 Å². The summed E-state index contributed by atoms with van der Waals surface area (Å²) in [6.45, 7) is 0. The zero-order chi connectivity index (χ0) is 20.3. The molecule has 0 N–H and O–H groups in total. The Balaban J connectivity index is 2.03. The molecule has 150 valence electrons. The predicted octanol–water partition coefficient (Wildman–Crippen LogP) is 3.31. The summed E-state index contributed by atoms with van der Waals surface area (Å²) in [4.78, 5) is 17.8.